The molecule has 1 aromatic rings. The molecule has 0 saturated carbocycles. The summed E-state index contributed by atoms with van der Waals surface area (Å²) < 4.78 is 0. The van der Waals surface area contributed by atoms with Crippen molar-refractivity contribution in [1.82, 2.24) is 15.2 Å². The fourth-order valence-corrected chi connectivity index (χ4v) is 3.16. The molecule has 5 heteroatoms. The average Bonchev–Trinajstić information content (AvgIpc) is 2.93. The Labute approximate surface area is 112 Å². The first-order valence-electron chi connectivity index (χ1n) is 6.59. The highest BCUT2D eigenvalue weighted by Crippen LogP contribution is 2.27. The molecule has 0 aromatic carbocycles. The lowest BCUT2D eigenvalue weighted by molar-refractivity contribution is -0.131. The number of aryl methyl sites for hydroxylation is 1. The Kier molecular flexibility index (Phi) is 4.35. The summed E-state index contributed by atoms with van der Waals surface area (Å²) in [4.78, 5) is 18.7. The van der Waals surface area contributed by atoms with Crippen LogP contribution in [0.1, 0.15) is 43.4 Å². The summed E-state index contributed by atoms with van der Waals surface area (Å²) >= 11 is 1.64. The van der Waals surface area contributed by atoms with Gasteiger partial charge in [-0.15, -0.1) is 11.3 Å². The van der Waals surface area contributed by atoms with Gasteiger partial charge in [0, 0.05) is 17.6 Å². The van der Waals surface area contributed by atoms with Gasteiger partial charge in [-0.25, -0.2) is 4.98 Å². The van der Waals surface area contributed by atoms with Crippen LogP contribution in [-0.2, 0) is 4.79 Å². The van der Waals surface area contributed by atoms with E-state index in [1.54, 1.807) is 11.3 Å². The van der Waals surface area contributed by atoms with Crippen LogP contribution in [0, 0.1) is 6.92 Å². The highest BCUT2D eigenvalue weighted by molar-refractivity contribution is 7.09. The summed E-state index contributed by atoms with van der Waals surface area (Å²) in [5, 5.41) is 6.39. The number of likely N-dealkylation sites (tertiary alicyclic amines) is 1. The molecule has 2 unspecified atom stereocenters. The Morgan fingerprint density at radius 1 is 1.67 bits per heavy atom. The normalized spacial score (nSPS) is 21.6. The van der Waals surface area contributed by atoms with Crippen molar-refractivity contribution in [2.45, 2.75) is 45.7 Å². The van der Waals surface area contributed by atoms with Crippen molar-refractivity contribution in [1.29, 1.82) is 0 Å². The largest absolute Gasteiger partial charge is 0.332 e. The third-order valence-electron chi connectivity index (χ3n) is 3.34. The maximum Gasteiger partial charge on any atom is 0.240 e. The van der Waals surface area contributed by atoms with Gasteiger partial charge in [-0.05, 0) is 33.2 Å². The molecular weight excluding hydrogens is 246 g/mol. The zero-order chi connectivity index (χ0) is 13.1. The van der Waals surface area contributed by atoms with Gasteiger partial charge in [0.2, 0.25) is 5.91 Å². The molecule has 4 nitrogen and oxygen atoms in total. The van der Waals surface area contributed by atoms with E-state index in [9.17, 15) is 4.79 Å². The SMILES string of the molecule is CCCNC1CCN(C(C)c2nc(C)cs2)C1=O. The second-order valence-electron chi connectivity index (χ2n) is 4.83. The molecule has 100 valence electrons. The van der Waals surface area contributed by atoms with E-state index in [4.69, 9.17) is 0 Å². The number of hydrogen-bond acceptors (Lipinski definition) is 4. The lowest BCUT2D eigenvalue weighted by Crippen LogP contribution is -2.39. The zero-order valence-electron chi connectivity index (χ0n) is 11.3. The highest BCUT2D eigenvalue weighted by atomic mass is 32.1. The van der Waals surface area contributed by atoms with Gasteiger partial charge in [0.25, 0.3) is 0 Å². The van der Waals surface area contributed by atoms with E-state index in [-0.39, 0.29) is 18.0 Å². The monoisotopic (exact) mass is 267 g/mol. The van der Waals surface area contributed by atoms with Crippen LogP contribution in [-0.4, -0.2) is 34.9 Å². The van der Waals surface area contributed by atoms with E-state index in [1.807, 2.05) is 17.2 Å². The summed E-state index contributed by atoms with van der Waals surface area (Å²) in [6.45, 7) is 7.92. The molecule has 1 aromatic heterocycles. The third kappa shape index (κ3) is 2.72. The molecule has 1 amide bonds. The van der Waals surface area contributed by atoms with Crippen LogP contribution in [0.5, 0.6) is 0 Å². The van der Waals surface area contributed by atoms with Crippen LogP contribution >= 0.6 is 11.3 Å². The number of nitrogens with zero attached hydrogens (tertiary/aromatic N) is 2. The van der Waals surface area contributed by atoms with Crippen LogP contribution in [0.3, 0.4) is 0 Å². The van der Waals surface area contributed by atoms with E-state index < -0.39 is 0 Å². The van der Waals surface area contributed by atoms with E-state index >= 15 is 0 Å². The summed E-state index contributed by atoms with van der Waals surface area (Å²) in [6, 6.07) is 0.109. The van der Waals surface area contributed by atoms with Crippen molar-refractivity contribution in [2.75, 3.05) is 13.1 Å². The number of carbonyl (C=O) groups excluding carboxylic acids is 1. The van der Waals surface area contributed by atoms with E-state index in [0.717, 1.165) is 36.6 Å². The van der Waals surface area contributed by atoms with Crippen molar-refractivity contribution in [2.24, 2.45) is 0 Å². The molecule has 1 aliphatic rings. The van der Waals surface area contributed by atoms with Crippen LogP contribution in [0.25, 0.3) is 0 Å². The van der Waals surface area contributed by atoms with Crippen LogP contribution in [0.15, 0.2) is 5.38 Å². The molecule has 0 bridgehead atoms. The Balaban J connectivity index is 2.00. The molecule has 1 fully saturated rings. The first kappa shape index (κ1) is 13.5. The number of amides is 1. The van der Waals surface area contributed by atoms with Crippen molar-refractivity contribution in [3.8, 4) is 0 Å². The molecule has 0 radical (unpaired) electrons. The van der Waals surface area contributed by atoms with Crippen molar-refractivity contribution in [3.63, 3.8) is 0 Å². The Morgan fingerprint density at radius 3 is 3.06 bits per heavy atom. The molecule has 1 aliphatic heterocycles. The second-order valence-corrected chi connectivity index (χ2v) is 5.72. The molecule has 2 heterocycles. The fourth-order valence-electron chi connectivity index (χ4n) is 2.29. The van der Waals surface area contributed by atoms with Gasteiger partial charge < -0.3 is 10.2 Å². The number of nitrogens with one attached hydrogen (secondary N) is 1. The van der Waals surface area contributed by atoms with Gasteiger partial charge in [-0.2, -0.15) is 0 Å². The first-order valence-corrected chi connectivity index (χ1v) is 7.47. The average molecular weight is 267 g/mol. The summed E-state index contributed by atoms with van der Waals surface area (Å²) in [5.74, 6) is 0.226. The minimum Gasteiger partial charge on any atom is -0.332 e. The topological polar surface area (TPSA) is 45.2 Å². The highest BCUT2D eigenvalue weighted by Gasteiger charge is 2.35. The van der Waals surface area contributed by atoms with E-state index in [2.05, 4.69) is 24.1 Å². The molecule has 1 saturated heterocycles. The van der Waals surface area contributed by atoms with Gasteiger partial charge >= 0.3 is 0 Å². The third-order valence-corrected chi connectivity index (χ3v) is 4.48. The van der Waals surface area contributed by atoms with Gasteiger partial charge in [0.15, 0.2) is 0 Å². The smallest absolute Gasteiger partial charge is 0.240 e. The van der Waals surface area contributed by atoms with E-state index in [0.29, 0.717) is 0 Å². The molecular formula is C13H21N3OS. The first-order chi connectivity index (χ1) is 8.63. The second kappa shape index (κ2) is 5.80. The number of rotatable bonds is 5. The predicted molar refractivity (Wildman–Crippen MR) is 73.7 cm³/mol. The predicted octanol–water partition coefficient (Wildman–Crippen LogP) is 2.11. The Bertz CT molecular complexity index is 418. The molecule has 18 heavy (non-hydrogen) atoms. The zero-order valence-corrected chi connectivity index (χ0v) is 12.1. The molecule has 0 spiro atoms. The summed E-state index contributed by atoms with van der Waals surface area (Å²) in [7, 11) is 0. The van der Waals surface area contributed by atoms with E-state index in [1.165, 1.54) is 0 Å². The lowest BCUT2D eigenvalue weighted by Gasteiger charge is -2.23. The summed E-state index contributed by atoms with van der Waals surface area (Å²) in [6.07, 6.45) is 1.97. The lowest BCUT2D eigenvalue weighted by atomic mass is 10.2. The molecule has 2 rings (SSSR count). The number of thiazole rings is 1. The number of carbonyl (C=O) groups is 1. The molecule has 2 atom stereocenters. The maximum atomic E-state index is 12.3. The number of aromatic nitrogens is 1. The molecule has 1 N–H and O–H groups in total. The van der Waals surface area contributed by atoms with Crippen LogP contribution in [0.2, 0.25) is 0 Å². The summed E-state index contributed by atoms with van der Waals surface area (Å²) in [5.41, 5.74) is 1.04. The molecule has 0 aliphatic carbocycles. The Morgan fingerprint density at radius 2 is 2.44 bits per heavy atom. The minimum absolute atomic E-state index is 0.00783. The fraction of sp³-hybridized carbons (Fsp3) is 0.692. The van der Waals surface area contributed by atoms with Gasteiger partial charge in [-0.3, -0.25) is 4.79 Å². The van der Waals surface area contributed by atoms with Gasteiger partial charge in [0.05, 0.1) is 12.1 Å². The maximum absolute atomic E-state index is 12.3. The van der Waals surface area contributed by atoms with Crippen LogP contribution < -0.4 is 5.32 Å². The van der Waals surface area contributed by atoms with Gasteiger partial charge in [-0.1, -0.05) is 6.92 Å². The minimum atomic E-state index is 0.00783. The van der Waals surface area contributed by atoms with Gasteiger partial charge in [0.1, 0.15) is 5.01 Å². The standard InChI is InChI=1S/C13H21N3OS/c1-4-6-14-11-5-7-16(13(11)17)10(3)12-15-9(2)8-18-12/h8,10-11,14H,4-7H2,1-3H3. The Hall–Kier alpha value is -0.940. The van der Waals surface area contributed by atoms with Crippen molar-refractivity contribution in [3.05, 3.63) is 16.1 Å². The van der Waals surface area contributed by atoms with Crippen molar-refractivity contribution < 1.29 is 4.79 Å². The van der Waals surface area contributed by atoms with Crippen molar-refractivity contribution >= 4 is 17.2 Å². The van der Waals surface area contributed by atoms with Crippen LogP contribution in [0.4, 0.5) is 0 Å². The quantitative estimate of drug-likeness (QED) is 0.888. The number of hydrogen-bond donors (Lipinski definition) is 1.